The molecule has 2 aromatic carbocycles. The average Bonchev–Trinajstić information content (AvgIpc) is 2.85. The summed E-state index contributed by atoms with van der Waals surface area (Å²) in [6.07, 6.45) is 0.873. The molecule has 0 saturated carbocycles. The van der Waals surface area contributed by atoms with Gasteiger partial charge < -0.3 is 19.5 Å². The van der Waals surface area contributed by atoms with E-state index in [0.717, 1.165) is 28.4 Å². The molecule has 1 aliphatic rings. The molecule has 0 fully saturated rings. The molecule has 0 spiro atoms. The Balaban J connectivity index is 1.61. The smallest absolute Gasteiger partial charge is 0.234 e. The van der Waals surface area contributed by atoms with Crippen LogP contribution in [-0.4, -0.2) is 32.0 Å². The van der Waals surface area contributed by atoms with E-state index in [1.165, 1.54) is 11.8 Å². The molecule has 2 aromatic rings. The van der Waals surface area contributed by atoms with Crippen molar-refractivity contribution in [2.24, 2.45) is 0 Å². The second-order valence-electron chi connectivity index (χ2n) is 5.70. The summed E-state index contributed by atoms with van der Waals surface area (Å²) in [6, 6.07) is 11.5. The van der Waals surface area contributed by atoms with E-state index in [1.54, 1.807) is 7.11 Å². The van der Waals surface area contributed by atoms with Crippen LogP contribution in [0, 0.1) is 6.92 Å². The second kappa shape index (κ2) is 8.16. The first-order valence-corrected chi connectivity index (χ1v) is 9.11. The van der Waals surface area contributed by atoms with Gasteiger partial charge in [0.2, 0.25) is 5.91 Å². The number of anilines is 1. The zero-order valence-corrected chi connectivity index (χ0v) is 15.2. The molecule has 25 heavy (non-hydrogen) atoms. The average molecular weight is 359 g/mol. The Bertz CT molecular complexity index is 763. The number of hydrogen-bond acceptors (Lipinski definition) is 5. The van der Waals surface area contributed by atoms with Gasteiger partial charge in [-0.15, -0.1) is 11.8 Å². The maximum atomic E-state index is 12.3. The summed E-state index contributed by atoms with van der Waals surface area (Å²) in [7, 11) is 1.59. The molecule has 0 aromatic heterocycles. The lowest BCUT2D eigenvalue weighted by atomic mass is 10.2. The quantitative estimate of drug-likeness (QED) is 0.821. The first-order chi connectivity index (χ1) is 12.2. The number of hydrogen-bond donors (Lipinski definition) is 1. The van der Waals surface area contributed by atoms with E-state index >= 15 is 0 Å². The summed E-state index contributed by atoms with van der Waals surface area (Å²) >= 11 is 1.46. The first kappa shape index (κ1) is 17.5. The van der Waals surface area contributed by atoms with E-state index in [2.05, 4.69) is 5.32 Å². The lowest BCUT2D eigenvalue weighted by Gasteiger charge is -2.11. The molecule has 1 aliphatic heterocycles. The maximum Gasteiger partial charge on any atom is 0.234 e. The van der Waals surface area contributed by atoms with Crippen LogP contribution >= 0.6 is 11.8 Å². The predicted molar refractivity (Wildman–Crippen MR) is 99.1 cm³/mol. The van der Waals surface area contributed by atoms with Crippen LogP contribution < -0.4 is 19.5 Å². The van der Waals surface area contributed by atoms with Gasteiger partial charge >= 0.3 is 0 Å². The monoisotopic (exact) mass is 359 g/mol. The molecule has 0 atom stereocenters. The number of nitrogens with one attached hydrogen (secondary N) is 1. The third-order valence-electron chi connectivity index (χ3n) is 3.72. The van der Waals surface area contributed by atoms with Crippen molar-refractivity contribution in [1.82, 2.24) is 0 Å². The number of benzene rings is 2. The van der Waals surface area contributed by atoms with Gasteiger partial charge in [-0.05, 0) is 42.8 Å². The minimum absolute atomic E-state index is 0.0824. The van der Waals surface area contributed by atoms with E-state index < -0.39 is 0 Å². The van der Waals surface area contributed by atoms with Gasteiger partial charge in [0.05, 0.1) is 31.8 Å². The van der Waals surface area contributed by atoms with Gasteiger partial charge in [-0.3, -0.25) is 4.79 Å². The molecule has 0 radical (unpaired) electrons. The highest BCUT2D eigenvalue weighted by Gasteiger charge is 2.12. The lowest BCUT2D eigenvalue weighted by Crippen LogP contribution is -2.14. The van der Waals surface area contributed by atoms with Gasteiger partial charge in [0, 0.05) is 11.3 Å². The summed E-state index contributed by atoms with van der Waals surface area (Å²) in [5.74, 6) is 2.37. The molecule has 3 rings (SSSR count). The maximum absolute atomic E-state index is 12.3. The lowest BCUT2D eigenvalue weighted by molar-refractivity contribution is -0.113. The van der Waals surface area contributed by atoms with Gasteiger partial charge in [0.1, 0.15) is 5.75 Å². The van der Waals surface area contributed by atoms with E-state index in [0.29, 0.717) is 30.4 Å². The van der Waals surface area contributed by atoms with E-state index in [-0.39, 0.29) is 5.91 Å². The van der Waals surface area contributed by atoms with Gasteiger partial charge in [0.15, 0.2) is 11.5 Å². The van der Waals surface area contributed by atoms with Crippen LogP contribution in [0.1, 0.15) is 12.0 Å². The molecule has 0 bridgehead atoms. The molecular weight excluding hydrogens is 338 g/mol. The van der Waals surface area contributed by atoms with Crippen LogP contribution in [0.5, 0.6) is 17.2 Å². The number of ether oxygens (including phenoxy) is 3. The molecule has 1 N–H and O–H groups in total. The van der Waals surface area contributed by atoms with Crippen molar-refractivity contribution in [3.05, 3.63) is 42.0 Å². The van der Waals surface area contributed by atoms with Crippen LogP contribution in [0.4, 0.5) is 5.69 Å². The largest absolute Gasteiger partial charge is 0.495 e. The fraction of sp³-hybridized carbons (Fsp3) is 0.316. The van der Waals surface area contributed by atoms with Crippen molar-refractivity contribution in [2.45, 2.75) is 18.2 Å². The third kappa shape index (κ3) is 4.60. The molecule has 0 saturated heterocycles. The summed E-state index contributed by atoms with van der Waals surface area (Å²) in [6.45, 7) is 3.29. The van der Waals surface area contributed by atoms with Gasteiger partial charge in [-0.1, -0.05) is 6.07 Å². The molecule has 1 heterocycles. The number of amides is 1. The summed E-state index contributed by atoms with van der Waals surface area (Å²) in [5, 5.41) is 2.90. The van der Waals surface area contributed by atoms with Crippen LogP contribution in [0.15, 0.2) is 41.3 Å². The Hall–Kier alpha value is -2.34. The van der Waals surface area contributed by atoms with Crippen molar-refractivity contribution in [3.8, 4) is 17.2 Å². The van der Waals surface area contributed by atoms with Crippen LogP contribution in [0.2, 0.25) is 0 Å². The molecule has 6 heteroatoms. The molecule has 132 valence electrons. The fourth-order valence-corrected chi connectivity index (χ4v) is 3.21. The highest BCUT2D eigenvalue weighted by molar-refractivity contribution is 8.00. The van der Waals surface area contributed by atoms with E-state index in [4.69, 9.17) is 14.2 Å². The van der Waals surface area contributed by atoms with Gasteiger partial charge in [-0.2, -0.15) is 0 Å². The Morgan fingerprint density at radius 3 is 2.76 bits per heavy atom. The van der Waals surface area contributed by atoms with Crippen molar-refractivity contribution in [1.29, 1.82) is 0 Å². The number of methoxy groups -OCH3 is 1. The third-order valence-corrected chi connectivity index (χ3v) is 4.71. The zero-order valence-electron chi connectivity index (χ0n) is 14.3. The molecular formula is C19H21NO4S. The normalized spacial score (nSPS) is 13.0. The van der Waals surface area contributed by atoms with Crippen LogP contribution in [0.25, 0.3) is 0 Å². The molecule has 0 unspecified atom stereocenters. The van der Waals surface area contributed by atoms with Crippen LogP contribution in [-0.2, 0) is 4.79 Å². The van der Waals surface area contributed by atoms with Crippen molar-refractivity contribution < 1.29 is 19.0 Å². The number of rotatable bonds is 5. The Morgan fingerprint density at radius 1 is 1.16 bits per heavy atom. The van der Waals surface area contributed by atoms with Crippen molar-refractivity contribution in [2.75, 3.05) is 31.4 Å². The molecule has 5 nitrogen and oxygen atoms in total. The minimum Gasteiger partial charge on any atom is -0.495 e. The second-order valence-corrected chi connectivity index (χ2v) is 6.75. The molecule has 1 amide bonds. The van der Waals surface area contributed by atoms with E-state index in [9.17, 15) is 4.79 Å². The highest BCUT2D eigenvalue weighted by atomic mass is 32.2. The van der Waals surface area contributed by atoms with Crippen LogP contribution in [0.3, 0.4) is 0 Å². The Kier molecular flexibility index (Phi) is 5.71. The van der Waals surface area contributed by atoms with Gasteiger partial charge in [0.25, 0.3) is 0 Å². The zero-order chi connectivity index (χ0) is 17.6. The number of carbonyl (C=O) groups is 1. The minimum atomic E-state index is -0.0824. The Labute approximate surface area is 151 Å². The van der Waals surface area contributed by atoms with E-state index in [1.807, 2.05) is 43.3 Å². The number of carbonyl (C=O) groups excluding carboxylic acids is 1. The number of thioether (sulfide) groups is 1. The number of aryl methyl sites for hydroxylation is 1. The summed E-state index contributed by atoms with van der Waals surface area (Å²) in [5.41, 5.74) is 1.75. The highest BCUT2D eigenvalue weighted by Crippen LogP contribution is 2.34. The first-order valence-electron chi connectivity index (χ1n) is 8.12. The predicted octanol–water partition coefficient (Wildman–Crippen LogP) is 3.90. The standard InChI is InChI=1S/C19H21NO4S/c1-13-4-6-16(22-2)15(10-13)20-19(21)12-25-14-5-7-17-18(11-14)24-9-3-8-23-17/h4-7,10-11H,3,8-9,12H2,1-2H3,(H,20,21). The Morgan fingerprint density at radius 2 is 1.96 bits per heavy atom. The van der Waals surface area contributed by atoms with Gasteiger partial charge in [-0.25, -0.2) is 0 Å². The molecule has 0 aliphatic carbocycles. The van der Waals surface area contributed by atoms with Crippen molar-refractivity contribution >= 4 is 23.4 Å². The topological polar surface area (TPSA) is 56.8 Å². The number of fused-ring (bicyclic) bond motifs is 1. The fourth-order valence-electron chi connectivity index (χ4n) is 2.49. The summed E-state index contributed by atoms with van der Waals surface area (Å²) in [4.78, 5) is 13.2. The summed E-state index contributed by atoms with van der Waals surface area (Å²) < 4.78 is 16.6. The van der Waals surface area contributed by atoms with Crippen molar-refractivity contribution in [3.63, 3.8) is 0 Å². The SMILES string of the molecule is COc1ccc(C)cc1NC(=O)CSc1ccc2c(c1)OCCCO2.